The van der Waals surface area contributed by atoms with Gasteiger partial charge < -0.3 is 9.64 Å². The lowest BCUT2D eigenvalue weighted by molar-refractivity contribution is -0.128. The molecule has 0 radical (unpaired) electrons. The average molecular weight is 430 g/mol. The Labute approximate surface area is 191 Å². The summed E-state index contributed by atoms with van der Waals surface area (Å²) in [6, 6.07) is 17.6. The van der Waals surface area contributed by atoms with Crippen LogP contribution in [0.3, 0.4) is 0 Å². The predicted octanol–water partition coefficient (Wildman–Crippen LogP) is 5.03. The van der Waals surface area contributed by atoms with Crippen molar-refractivity contribution < 1.29 is 14.3 Å². The molecule has 0 aromatic heterocycles. The fraction of sp³-hybridized carbons (Fsp3) is 0.357. The topological polar surface area (TPSA) is 46.6 Å². The molecule has 0 spiro atoms. The van der Waals surface area contributed by atoms with E-state index in [4.69, 9.17) is 4.74 Å². The molecule has 0 N–H and O–H groups in total. The number of carbonyl (C=O) groups is 2. The monoisotopic (exact) mass is 429 g/mol. The van der Waals surface area contributed by atoms with Crippen molar-refractivity contribution in [3.05, 3.63) is 83.4 Å². The molecule has 3 rings (SSSR count). The number of likely N-dealkylation sites (tertiary alicyclic amines) is 1. The summed E-state index contributed by atoms with van der Waals surface area (Å²) in [5.41, 5.74) is 2.69. The molecule has 2 unspecified atom stereocenters. The first-order chi connectivity index (χ1) is 15.6. The third-order valence-electron chi connectivity index (χ3n) is 5.74. The highest BCUT2D eigenvalue weighted by Crippen LogP contribution is 2.21. The van der Waals surface area contributed by atoms with E-state index >= 15 is 0 Å². The summed E-state index contributed by atoms with van der Waals surface area (Å²) in [5.74, 6) is 6.84. The van der Waals surface area contributed by atoms with Crippen molar-refractivity contribution in [2.45, 2.75) is 45.1 Å². The van der Waals surface area contributed by atoms with Gasteiger partial charge >= 0.3 is 5.97 Å². The number of amides is 1. The molecule has 1 aliphatic rings. The Balaban J connectivity index is 1.47. The normalized spacial score (nSPS) is 16.6. The lowest BCUT2D eigenvalue weighted by Gasteiger charge is -2.22. The van der Waals surface area contributed by atoms with Crippen LogP contribution in [-0.4, -0.2) is 36.5 Å². The fourth-order valence-electron chi connectivity index (χ4n) is 3.82. The summed E-state index contributed by atoms with van der Waals surface area (Å²) in [5, 5.41) is 0. The number of allylic oxidation sites excluding steroid dienone is 1. The molecule has 2 aromatic rings. The highest BCUT2D eigenvalue weighted by atomic mass is 16.5. The van der Waals surface area contributed by atoms with E-state index in [0.717, 1.165) is 36.8 Å². The van der Waals surface area contributed by atoms with E-state index < -0.39 is 0 Å². The third kappa shape index (κ3) is 6.85. The first kappa shape index (κ1) is 23.3. The molecule has 0 aliphatic carbocycles. The minimum Gasteiger partial charge on any atom is -0.465 e. The second kappa shape index (κ2) is 11.9. The summed E-state index contributed by atoms with van der Waals surface area (Å²) in [6.45, 7) is 2.89. The summed E-state index contributed by atoms with van der Waals surface area (Å²) in [6.07, 6.45) is 8.45. The molecule has 1 fully saturated rings. The molecule has 32 heavy (non-hydrogen) atoms. The van der Waals surface area contributed by atoms with Crippen LogP contribution in [0.4, 0.5) is 0 Å². The molecule has 1 saturated heterocycles. The smallest absolute Gasteiger partial charge is 0.337 e. The highest BCUT2D eigenvalue weighted by molar-refractivity contribution is 5.89. The Bertz CT molecular complexity index is 983. The number of nitrogens with zero attached hydrogens (tertiary/aromatic N) is 1. The Morgan fingerprint density at radius 1 is 1.19 bits per heavy atom. The van der Waals surface area contributed by atoms with Crippen LogP contribution in [0.15, 0.2) is 66.7 Å². The quantitative estimate of drug-likeness (QED) is 0.336. The van der Waals surface area contributed by atoms with E-state index in [1.807, 2.05) is 47.4 Å². The summed E-state index contributed by atoms with van der Waals surface area (Å²) in [7, 11) is 1.38. The van der Waals surface area contributed by atoms with Gasteiger partial charge in [0.05, 0.1) is 18.7 Å². The van der Waals surface area contributed by atoms with Gasteiger partial charge in [0.15, 0.2) is 0 Å². The van der Waals surface area contributed by atoms with Crippen molar-refractivity contribution in [3.8, 4) is 11.8 Å². The van der Waals surface area contributed by atoms with E-state index in [0.29, 0.717) is 24.4 Å². The molecule has 166 valence electrons. The Kier molecular flexibility index (Phi) is 8.69. The number of hydrogen-bond donors (Lipinski definition) is 0. The number of ether oxygens (including phenoxy) is 1. The molecule has 1 amide bonds. The van der Waals surface area contributed by atoms with Gasteiger partial charge in [-0.05, 0) is 55.0 Å². The molecule has 1 aliphatic heterocycles. The van der Waals surface area contributed by atoms with E-state index in [9.17, 15) is 9.59 Å². The standard InChI is InChI=1S/C28H31NO3/c1-22(8-6-12-23-10-4-3-5-11-23)9-7-13-26-18-19-27(30)29(26)21-20-24-14-16-25(17-15-24)28(31)32-2/h3-5,7,10-11,13-17,22,26H,8-9,18-21H2,1-2H3/b13-7+. The zero-order valence-corrected chi connectivity index (χ0v) is 18.9. The SMILES string of the molecule is COC(=O)c1ccc(CCN2C(=O)CCC2/C=C/CC(C)CC#Cc2ccccc2)cc1. The zero-order chi connectivity index (χ0) is 22.8. The molecule has 0 bridgehead atoms. The van der Waals surface area contributed by atoms with Crippen molar-refractivity contribution in [1.29, 1.82) is 0 Å². The van der Waals surface area contributed by atoms with Gasteiger partial charge in [0.2, 0.25) is 5.91 Å². The number of rotatable bonds is 8. The molecular formula is C28H31NO3. The Morgan fingerprint density at radius 3 is 2.66 bits per heavy atom. The molecule has 4 nitrogen and oxygen atoms in total. The third-order valence-corrected chi connectivity index (χ3v) is 5.74. The summed E-state index contributed by atoms with van der Waals surface area (Å²) >= 11 is 0. The lowest BCUT2D eigenvalue weighted by atomic mass is 10.0. The van der Waals surface area contributed by atoms with E-state index in [1.165, 1.54) is 7.11 Å². The van der Waals surface area contributed by atoms with Gasteiger partial charge in [-0.2, -0.15) is 0 Å². The molecule has 0 saturated carbocycles. The largest absolute Gasteiger partial charge is 0.465 e. The Hall–Kier alpha value is -3.32. The van der Waals surface area contributed by atoms with E-state index in [2.05, 4.69) is 30.9 Å². The van der Waals surface area contributed by atoms with E-state index in [1.54, 1.807) is 12.1 Å². The number of methoxy groups -OCH3 is 1. The van der Waals surface area contributed by atoms with Crippen molar-refractivity contribution in [1.82, 2.24) is 4.90 Å². The maximum Gasteiger partial charge on any atom is 0.337 e. The van der Waals surface area contributed by atoms with Crippen LogP contribution >= 0.6 is 0 Å². The van der Waals surface area contributed by atoms with Gasteiger partial charge in [0, 0.05) is 24.9 Å². The van der Waals surface area contributed by atoms with Crippen LogP contribution < -0.4 is 0 Å². The second-order valence-corrected chi connectivity index (χ2v) is 8.27. The van der Waals surface area contributed by atoms with Gasteiger partial charge in [0.1, 0.15) is 0 Å². The first-order valence-electron chi connectivity index (χ1n) is 11.2. The van der Waals surface area contributed by atoms with Crippen LogP contribution in [0.25, 0.3) is 0 Å². The summed E-state index contributed by atoms with van der Waals surface area (Å²) in [4.78, 5) is 25.9. The number of hydrogen-bond acceptors (Lipinski definition) is 3. The minimum atomic E-state index is -0.336. The summed E-state index contributed by atoms with van der Waals surface area (Å²) < 4.78 is 4.73. The second-order valence-electron chi connectivity index (χ2n) is 8.27. The fourth-order valence-corrected chi connectivity index (χ4v) is 3.82. The van der Waals surface area contributed by atoms with Crippen molar-refractivity contribution in [3.63, 3.8) is 0 Å². The lowest BCUT2D eigenvalue weighted by Crippen LogP contribution is -2.33. The maximum atomic E-state index is 12.4. The van der Waals surface area contributed by atoms with Crippen LogP contribution in [0.2, 0.25) is 0 Å². The van der Waals surface area contributed by atoms with Gasteiger partial charge in [-0.15, -0.1) is 0 Å². The first-order valence-corrected chi connectivity index (χ1v) is 11.2. The maximum absolute atomic E-state index is 12.4. The molecule has 2 atom stereocenters. The van der Waals surface area contributed by atoms with Crippen LogP contribution in [-0.2, 0) is 16.0 Å². The van der Waals surface area contributed by atoms with Gasteiger partial charge in [-0.1, -0.05) is 61.2 Å². The van der Waals surface area contributed by atoms with Crippen LogP contribution in [0, 0.1) is 17.8 Å². The van der Waals surface area contributed by atoms with Crippen LogP contribution in [0.5, 0.6) is 0 Å². The predicted molar refractivity (Wildman–Crippen MR) is 127 cm³/mol. The van der Waals surface area contributed by atoms with Crippen molar-refractivity contribution in [2.24, 2.45) is 5.92 Å². The molecular weight excluding hydrogens is 398 g/mol. The molecule has 2 aromatic carbocycles. The number of carbonyl (C=O) groups excluding carboxylic acids is 2. The van der Waals surface area contributed by atoms with Crippen molar-refractivity contribution in [2.75, 3.05) is 13.7 Å². The van der Waals surface area contributed by atoms with Gasteiger partial charge in [0.25, 0.3) is 0 Å². The van der Waals surface area contributed by atoms with Crippen molar-refractivity contribution >= 4 is 11.9 Å². The number of benzene rings is 2. The average Bonchev–Trinajstić information content (AvgIpc) is 3.17. The Morgan fingerprint density at radius 2 is 1.94 bits per heavy atom. The van der Waals surface area contributed by atoms with Gasteiger partial charge in [-0.3, -0.25) is 4.79 Å². The minimum absolute atomic E-state index is 0.166. The molecule has 4 heteroatoms. The molecule has 1 heterocycles. The van der Waals surface area contributed by atoms with Crippen LogP contribution in [0.1, 0.15) is 54.1 Å². The van der Waals surface area contributed by atoms with E-state index in [-0.39, 0.29) is 17.9 Å². The zero-order valence-electron chi connectivity index (χ0n) is 18.9. The number of esters is 1. The highest BCUT2D eigenvalue weighted by Gasteiger charge is 2.28. The van der Waals surface area contributed by atoms with Gasteiger partial charge in [-0.25, -0.2) is 4.79 Å².